The van der Waals surface area contributed by atoms with Gasteiger partial charge < -0.3 is 10.2 Å². The zero-order valence-electron chi connectivity index (χ0n) is 11.7. The van der Waals surface area contributed by atoms with Gasteiger partial charge >= 0.3 is 0 Å². The maximum Gasteiger partial charge on any atom is 0.274 e. The standard InChI is InChI=1S/C14H22N4O/c1-3-9-15-13-8-7-12(16-17-13)14(19)18-10-5-6-11(18)4-2/h7-8,11H,3-6,9-10H2,1-2H3,(H,15,17). The summed E-state index contributed by atoms with van der Waals surface area (Å²) in [6.45, 7) is 5.93. The monoisotopic (exact) mass is 262 g/mol. The number of likely N-dealkylation sites (tertiary alicyclic amines) is 1. The molecule has 0 radical (unpaired) electrons. The van der Waals surface area contributed by atoms with Gasteiger partial charge in [0.05, 0.1) is 0 Å². The first-order chi connectivity index (χ1) is 9.26. The molecule has 1 aromatic heterocycles. The van der Waals surface area contributed by atoms with Crippen LogP contribution in [0.5, 0.6) is 0 Å². The molecule has 1 N–H and O–H groups in total. The SMILES string of the molecule is CCCNc1ccc(C(=O)N2CCCC2CC)nn1. The Morgan fingerprint density at radius 1 is 1.42 bits per heavy atom. The largest absolute Gasteiger partial charge is 0.369 e. The third-order valence-electron chi connectivity index (χ3n) is 3.55. The van der Waals surface area contributed by atoms with E-state index in [1.54, 1.807) is 6.07 Å². The summed E-state index contributed by atoms with van der Waals surface area (Å²) in [5.74, 6) is 0.741. The van der Waals surface area contributed by atoms with Gasteiger partial charge in [-0.2, -0.15) is 0 Å². The third-order valence-corrected chi connectivity index (χ3v) is 3.55. The molecule has 0 spiro atoms. The quantitative estimate of drug-likeness (QED) is 0.884. The van der Waals surface area contributed by atoms with E-state index in [4.69, 9.17) is 0 Å². The Morgan fingerprint density at radius 2 is 2.26 bits per heavy atom. The minimum Gasteiger partial charge on any atom is -0.369 e. The average molecular weight is 262 g/mol. The molecule has 2 rings (SSSR count). The molecule has 19 heavy (non-hydrogen) atoms. The Kier molecular flexibility index (Phi) is 4.71. The van der Waals surface area contributed by atoms with Gasteiger partial charge in [0, 0.05) is 19.1 Å². The molecular formula is C14H22N4O. The zero-order chi connectivity index (χ0) is 13.7. The van der Waals surface area contributed by atoms with Crippen molar-refractivity contribution in [3.8, 4) is 0 Å². The predicted octanol–water partition coefficient (Wildman–Crippen LogP) is 2.31. The minimum atomic E-state index is 0.0129. The van der Waals surface area contributed by atoms with Crippen LogP contribution in [0.2, 0.25) is 0 Å². The number of amides is 1. The summed E-state index contributed by atoms with van der Waals surface area (Å²) in [4.78, 5) is 14.3. The van der Waals surface area contributed by atoms with Crippen LogP contribution in [0, 0.1) is 0 Å². The van der Waals surface area contributed by atoms with Crippen LogP contribution < -0.4 is 5.32 Å². The molecule has 1 fully saturated rings. The Morgan fingerprint density at radius 3 is 2.89 bits per heavy atom. The molecule has 1 atom stereocenters. The van der Waals surface area contributed by atoms with Crippen molar-refractivity contribution in [1.29, 1.82) is 0 Å². The first kappa shape index (κ1) is 13.8. The van der Waals surface area contributed by atoms with Crippen LogP contribution in [0.1, 0.15) is 50.0 Å². The highest BCUT2D eigenvalue weighted by atomic mass is 16.2. The number of carbonyl (C=O) groups is 1. The van der Waals surface area contributed by atoms with Crippen molar-refractivity contribution in [2.75, 3.05) is 18.4 Å². The molecule has 0 saturated carbocycles. The van der Waals surface area contributed by atoms with E-state index < -0.39 is 0 Å². The highest BCUT2D eigenvalue weighted by Crippen LogP contribution is 2.21. The van der Waals surface area contributed by atoms with Crippen molar-refractivity contribution in [3.63, 3.8) is 0 Å². The number of anilines is 1. The summed E-state index contributed by atoms with van der Waals surface area (Å²) < 4.78 is 0. The predicted molar refractivity (Wildman–Crippen MR) is 75.2 cm³/mol. The lowest BCUT2D eigenvalue weighted by Gasteiger charge is -2.22. The van der Waals surface area contributed by atoms with Crippen LogP contribution in [0.15, 0.2) is 12.1 Å². The summed E-state index contributed by atoms with van der Waals surface area (Å²) in [7, 11) is 0. The number of rotatable bonds is 5. The summed E-state index contributed by atoms with van der Waals surface area (Å²) in [5.41, 5.74) is 0.447. The average Bonchev–Trinajstić information content (AvgIpc) is 2.93. The summed E-state index contributed by atoms with van der Waals surface area (Å²) in [6, 6.07) is 3.96. The molecule has 1 aliphatic rings. The van der Waals surface area contributed by atoms with E-state index in [9.17, 15) is 4.79 Å². The Bertz CT molecular complexity index is 418. The summed E-state index contributed by atoms with van der Waals surface area (Å²) >= 11 is 0. The van der Waals surface area contributed by atoms with Crippen LogP contribution in [0.4, 0.5) is 5.82 Å². The molecule has 1 aromatic rings. The van der Waals surface area contributed by atoms with Crippen molar-refractivity contribution in [1.82, 2.24) is 15.1 Å². The smallest absolute Gasteiger partial charge is 0.274 e. The van der Waals surface area contributed by atoms with E-state index in [-0.39, 0.29) is 5.91 Å². The van der Waals surface area contributed by atoms with Crippen LogP contribution >= 0.6 is 0 Å². The normalized spacial score (nSPS) is 18.6. The van der Waals surface area contributed by atoms with Crippen molar-refractivity contribution in [3.05, 3.63) is 17.8 Å². The van der Waals surface area contributed by atoms with E-state index >= 15 is 0 Å². The fraction of sp³-hybridized carbons (Fsp3) is 0.643. The first-order valence-corrected chi connectivity index (χ1v) is 7.14. The molecule has 0 aliphatic carbocycles. The number of hydrogen-bond acceptors (Lipinski definition) is 4. The van der Waals surface area contributed by atoms with E-state index in [1.807, 2.05) is 11.0 Å². The minimum absolute atomic E-state index is 0.0129. The van der Waals surface area contributed by atoms with E-state index in [0.29, 0.717) is 11.7 Å². The number of hydrogen-bond donors (Lipinski definition) is 1. The van der Waals surface area contributed by atoms with Gasteiger partial charge in [-0.15, -0.1) is 10.2 Å². The van der Waals surface area contributed by atoms with Gasteiger partial charge in [-0.05, 0) is 37.8 Å². The first-order valence-electron chi connectivity index (χ1n) is 7.14. The zero-order valence-corrected chi connectivity index (χ0v) is 11.7. The van der Waals surface area contributed by atoms with Crippen molar-refractivity contribution < 1.29 is 4.79 Å². The second-order valence-electron chi connectivity index (χ2n) is 4.93. The molecule has 1 saturated heterocycles. The topological polar surface area (TPSA) is 58.1 Å². The molecule has 2 heterocycles. The van der Waals surface area contributed by atoms with Crippen LogP contribution in [0.25, 0.3) is 0 Å². The molecule has 1 aliphatic heterocycles. The van der Waals surface area contributed by atoms with Gasteiger partial charge in [-0.25, -0.2) is 0 Å². The lowest BCUT2D eigenvalue weighted by molar-refractivity contribution is 0.0726. The van der Waals surface area contributed by atoms with Crippen molar-refractivity contribution in [2.24, 2.45) is 0 Å². The van der Waals surface area contributed by atoms with Gasteiger partial charge in [0.1, 0.15) is 5.82 Å². The van der Waals surface area contributed by atoms with Gasteiger partial charge in [0.2, 0.25) is 0 Å². The van der Waals surface area contributed by atoms with Gasteiger partial charge in [0.15, 0.2) is 5.69 Å². The maximum absolute atomic E-state index is 12.3. The molecule has 5 heteroatoms. The van der Waals surface area contributed by atoms with Crippen LogP contribution in [-0.4, -0.2) is 40.1 Å². The molecule has 5 nitrogen and oxygen atoms in total. The Hall–Kier alpha value is -1.65. The lowest BCUT2D eigenvalue weighted by atomic mass is 10.1. The molecule has 1 unspecified atom stereocenters. The number of aromatic nitrogens is 2. The number of nitrogens with zero attached hydrogens (tertiary/aromatic N) is 3. The summed E-state index contributed by atoms with van der Waals surface area (Å²) in [5, 5.41) is 11.2. The fourth-order valence-electron chi connectivity index (χ4n) is 2.47. The van der Waals surface area contributed by atoms with E-state index in [1.165, 1.54) is 0 Å². The number of carbonyl (C=O) groups excluding carboxylic acids is 1. The summed E-state index contributed by atoms with van der Waals surface area (Å²) in [6.07, 6.45) is 4.24. The molecule has 0 aromatic carbocycles. The van der Waals surface area contributed by atoms with E-state index in [0.717, 1.165) is 44.6 Å². The third kappa shape index (κ3) is 3.22. The van der Waals surface area contributed by atoms with E-state index in [2.05, 4.69) is 29.4 Å². The molecule has 104 valence electrons. The number of nitrogens with one attached hydrogen (secondary N) is 1. The maximum atomic E-state index is 12.3. The fourth-order valence-corrected chi connectivity index (χ4v) is 2.47. The lowest BCUT2D eigenvalue weighted by Crippen LogP contribution is -2.35. The van der Waals surface area contributed by atoms with Crippen LogP contribution in [0.3, 0.4) is 0 Å². The highest BCUT2D eigenvalue weighted by molar-refractivity contribution is 5.92. The van der Waals surface area contributed by atoms with Crippen LogP contribution in [-0.2, 0) is 0 Å². The second-order valence-corrected chi connectivity index (χ2v) is 4.93. The molecule has 1 amide bonds. The molecular weight excluding hydrogens is 240 g/mol. The molecule has 0 bridgehead atoms. The highest BCUT2D eigenvalue weighted by Gasteiger charge is 2.28. The van der Waals surface area contributed by atoms with Gasteiger partial charge in [0.25, 0.3) is 5.91 Å². The Labute approximate surface area is 114 Å². The Balaban J connectivity index is 2.03. The van der Waals surface area contributed by atoms with Gasteiger partial charge in [-0.1, -0.05) is 13.8 Å². The van der Waals surface area contributed by atoms with Crippen molar-refractivity contribution >= 4 is 11.7 Å². The second kappa shape index (κ2) is 6.50. The van der Waals surface area contributed by atoms with Gasteiger partial charge in [-0.3, -0.25) is 4.79 Å². The van der Waals surface area contributed by atoms with Crippen molar-refractivity contribution in [2.45, 2.75) is 45.6 Å².